The zero-order valence-electron chi connectivity index (χ0n) is 14.7. The molecule has 25 heavy (non-hydrogen) atoms. The van der Waals surface area contributed by atoms with Gasteiger partial charge in [-0.3, -0.25) is 4.79 Å². The molecule has 0 N–H and O–H groups in total. The molecule has 2 nitrogen and oxygen atoms in total. The van der Waals surface area contributed by atoms with Gasteiger partial charge in [0.1, 0.15) is 0 Å². The SMILES string of the molecule is Cc1cc(C)c(C(=O)P(=O)(c2ccccc2)c2ccccc2)cc1C. The lowest BCUT2D eigenvalue weighted by Gasteiger charge is -2.20. The summed E-state index contributed by atoms with van der Waals surface area (Å²) in [7, 11) is -3.44. The molecule has 0 radical (unpaired) electrons. The minimum Gasteiger partial charge on any atom is -0.305 e. The Balaban J connectivity index is 2.25. The molecule has 0 amide bonds. The lowest BCUT2D eigenvalue weighted by atomic mass is 10.0. The number of carbonyl (C=O) groups is 1. The van der Waals surface area contributed by atoms with Gasteiger partial charge in [-0.1, -0.05) is 66.7 Å². The molecule has 0 heterocycles. The quantitative estimate of drug-likeness (QED) is 0.637. The molecule has 0 aromatic heterocycles. The highest BCUT2D eigenvalue weighted by Crippen LogP contribution is 2.47. The summed E-state index contributed by atoms with van der Waals surface area (Å²) in [4.78, 5) is 13.5. The second-order valence-electron chi connectivity index (χ2n) is 6.34. The van der Waals surface area contributed by atoms with E-state index in [9.17, 15) is 9.36 Å². The van der Waals surface area contributed by atoms with Crippen LogP contribution in [-0.2, 0) is 4.57 Å². The van der Waals surface area contributed by atoms with Crippen LogP contribution in [0.2, 0.25) is 0 Å². The van der Waals surface area contributed by atoms with Crippen molar-refractivity contribution >= 4 is 23.3 Å². The highest BCUT2D eigenvalue weighted by Gasteiger charge is 2.37. The first kappa shape index (κ1) is 17.4. The average molecular weight is 348 g/mol. The molecule has 0 bridgehead atoms. The molecule has 3 heteroatoms. The van der Waals surface area contributed by atoms with Gasteiger partial charge >= 0.3 is 0 Å². The maximum Gasteiger partial charge on any atom is 0.230 e. The predicted octanol–water partition coefficient (Wildman–Crippen LogP) is 4.77. The molecule has 0 unspecified atom stereocenters. The largest absolute Gasteiger partial charge is 0.305 e. The van der Waals surface area contributed by atoms with Crippen molar-refractivity contribution in [3.8, 4) is 0 Å². The first-order valence-corrected chi connectivity index (χ1v) is 9.99. The molecule has 0 atom stereocenters. The van der Waals surface area contributed by atoms with Crippen LogP contribution in [0.5, 0.6) is 0 Å². The van der Waals surface area contributed by atoms with Crippen LogP contribution in [0.25, 0.3) is 0 Å². The third-order valence-electron chi connectivity index (χ3n) is 4.60. The monoisotopic (exact) mass is 348 g/mol. The molecule has 0 fully saturated rings. The van der Waals surface area contributed by atoms with E-state index in [0.717, 1.165) is 16.7 Å². The zero-order valence-corrected chi connectivity index (χ0v) is 15.6. The first-order chi connectivity index (χ1) is 11.9. The van der Waals surface area contributed by atoms with Crippen LogP contribution in [0, 0.1) is 20.8 Å². The summed E-state index contributed by atoms with van der Waals surface area (Å²) in [5.41, 5.74) is 3.26. The highest BCUT2D eigenvalue weighted by molar-refractivity contribution is 7.93. The van der Waals surface area contributed by atoms with Crippen LogP contribution in [-0.4, -0.2) is 5.52 Å². The van der Waals surface area contributed by atoms with Crippen molar-refractivity contribution in [1.82, 2.24) is 0 Å². The maximum absolute atomic E-state index is 14.1. The normalized spacial score (nSPS) is 11.3. The topological polar surface area (TPSA) is 34.1 Å². The first-order valence-electron chi connectivity index (χ1n) is 8.28. The van der Waals surface area contributed by atoms with Gasteiger partial charge in [-0.05, 0) is 43.5 Å². The summed E-state index contributed by atoms with van der Waals surface area (Å²) in [5, 5.41) is 1.15. The third-order valence-corrected chi connectivity index (χ3v) is 7.46. The fourth-order valence-corrected chi connectivity index (χ4v) is 5.55. The average Bonchev–Trinajstić information content (AvgIpc) is 2.65. The number of aryl methyl sites for hydroxylation is 3. The van der Waals surface area contributed by atoms with Crippen LogP contribution in [0.3, 0.4) is 0 Å². The molecule has 3 rings (SSSR count). The number of rotatable bonds is 4. The van der Waals surface area contributed by atoms with Gasteiger partial charge in [0, 0.05) is 16.2 Å². The van der Waals surface area contributed by atoms with Crippen LogP contribution in [0.15, 0.2) is 72.8 Å². The Morgan fingerprint density at radius 3 is 1.60 bits per heavy atom. The van der Waals surface area contributed by atoms with Crippen LogP contribution in [0.4, 0.5) is 0 Å². The van der Waals surface area contributed by atoms with E-state index in [-0.39, 0.29) is 5.52 Å². The van der Waals surface area contributed by atoms with E-state index < -0.39 is 7.14 Å². The summed E-state index contributed by atoms with van der Waals surface area (Å²) in [6.45, 7) is 5.89. The second kappa shape index (κ2) is 6.82. The van der Waals surface area contributed by atoms with Gasteiger partial charge in [-0.15, -0.1) is 0 Å². The van der Waals surface area contributed by atoms with E-state index in [0.29, 0.717) is 16.2 Å². The Morgan fingerprint density at radius 2 is 1.12 bits per heavy atom. The van der Waals surface area contributed by atoms with E-state index in [2.05, 4.69) is 0 Å². The lowest BCUT2D eigenvalue weighted by molar-refractivity contribution is 0.107. The molecule has 3 aromatic rings. The van der Waals surface area contributed by atoms with Crippen LogP contribution < -0.4 is 10.6 Å². The number of carbonyl (C=O) groups excluding carboxylic acids is 1. The van der Waals surface area contributed by atoms with Crippen molar-refractivity contribution in [3.05, 3.63) is 95.1 Å². The Kier molecular flexibility index (Phi) is 4.74. The minimum absolute atomic E-state index is 0.300. The van der Waals surface area contributed by atoms with Gasteiger partial charge in [0.2, 0.25) is 12.7 Å². The summed E-state index contributed by atoms with van der Waals surface area (Å²) in [6, 6.07) is 22.0. The van der Waals surface area contributed by atoms with E-state index >= 15 is 0 Å². The zero-order chi connectivity index (χ0) is 18.0. The Bertz CT molecular complexity index is 917. The standard InChI is InChI=1S/C22H21O2P/c1-16-14-18(3)21(15-17(16)2)22(23)25(24,19-10-6-4-7-11-19)20-12-8-5-9-13-20/h4-15H,1-3H3. The van der Waals surface area contributed by atoms with Gasteiger partial charge in [-0.2, -0.15) is 0 Å². The molecular weight excluding hydrogens is 327 g/mol. The number of hydrogen-bond acceptors (Lipinski definition) is 2. The maximum atomic E-state index is 14.1. The van der Waals surface area contributed by atoms with E-state index in [1.807, 2.05) is 69.3 Å². The third kappa shape index (κ3) is 3.10. The van der Waals surface area contributed by atoms with Crippen molar-refractivity contribution in [2.75, 3.05) is 0 Å². The van der Waals surface area contributed by atoms with Gasteiger partial charge < -0.3 is 4.57 Å². The van der Waals surface area contributed by atoms with Gasteiger partial charge in [-0.25, -0.2) is 0 Å². The summed E-state index contributed by atoms with van der Waals surface area (Å²) in [6.07, 6.45) is 0. The summed E-state index contributed by atoms with van der Waals surface area (Å²) < 4.78 is 14.1. The van der Waals surface area contributed by atoms with Crippen LogP contribution in [0.1, 0.15) is 27.0 Å². The molecule has 0 aliphatic carbocycles. The lowest BCUT2D eigenvalue weighted by Crippen LogP contribution is -2.23. The fourth-order valence-electron chi connectivity index (χ4n) is 3.02. The Morgan fingerprint density at radius 1 is 0.680 bits per heavy atom. The molecule has 0 spiro atoms. The molecule has 0 aliphatic rings. The number of benzene rings is 3. The van der Waals surface area contributed by atoms with Crippen molar-refractivity contribution in [1.29, 1.82) is 0 Å². The van der Waals surface area contributed by atoms with Gasteiger partial charge in [0.15, 0.2) is 0 Å². The van der Waals surface area contributed by atoms with E-state index in [1.54, 1.807) is 24.3 Å². The van der Waals surface area contributed by atoms with Crippen molar-refractivity contribution in [2.24, 2.45) is 0 Å². The fraction of sp³-hybridized carbons (Fsp3) is 0.136. The van der Waals surface area contributed by atoms with Gasteiger partial charge in [0.25, 0.3) is 0 Å². The highest BCUT2D eigenvalue weighted by atomic mass is 31.2. The van der Waals surface area contributed by atoms with Crippen molar-refractivity contribution < 1.29 is 9.36 Å². The molecule has 126 valence electrons. The Labute approximate surface area is 148 Å². The molecule has 0 saturated heterocycles. The molecule has 0 aliphatic heterocycles. The second-order valence-corrected chi connectivity index (χ2v) is 8.99. The summed E-state index contributed by atoms with van der Waals surface area (Å²) in [5.74, 6) is 0. The van der Waals surface area contributed by atoms with E-state index in [1.165, 1.54) is 0 Å². The predicted molar refractivity (Wildman–Crippen MR) is 105 cm³/mol. The van der Waals surface area contributed by atoms with Crippen molar-refractivity contribution in [2.45, 2.75) is 20.8 Å². The van der Waals surface area contributed by atoms with Crippen molar-refractivity contribution in [3.63, 3.8) is 0 Å². The molecular formula is C22H21O2P. The Hall–Kier alpha value is -2.44. The molecule has 0 saturated carbocycles. The van der Waals surface area contributed by atoms with E-state index in [4.69, 9.17) is 0 Å². The minimum atomic E-state index is -3.44. The molecule has 3 aromatic carbocycles. The van der Waals surface area contributed by atoms with Crippen LogP contribution >= 0.6 is 7.14 Å². The van der Waals surface area contributed by atoms with Gasteiger partial charge in [0.05, 0.1) is 0 Å². The smallest absolute Gasteiger partial charge is 0.230 e. The summed E-state index contributed by atoms with van der Waals surface area (Å²) >= 11 is 0. The number of hydrogen-bond donors (Lipinski definition) is 0.